The highest BCUT2D eigenvalue weighted by molar-refractivity contribution is 7.89. The van der Waals surface area contributed by atoms with Gasteiger partial charge in [-0.15, -0.1) is 0 Å². The SMILES string of the molecule is O=S(=O)(NCc1ccc(S(=O)(=O)N2CCCCC2)cc1)c1cnn(-c2ccccc2)c1. The van der Waals surface area contributed by atoms with E-state index in [1.165, 1.54) is 33.5 Å². The molecule has 10 heteroatoms. The summed E-state index contributed by atoms with van der Waals surface area (Å²) >= 11 is 0. The van der Waals surface area contributed by atoms with Crippen LogP contribution in [0.3, 0.4) is 0 Å². The van der Waals surface area contributed by atoms with Gasteiger partial charge in [-0.05, 0) is 42.7 Å². The van der Waals surface area contributed by atoms with Crippen LogP contribution in [-0.4, -0.2) is 44.0 Å². The van der Waals surface area contributed by atoms with E-state index in [1.807, 2.05) is 30.3 Å². The Bertz CT molecular complexity index is 1230. The topological polar surface area (TPSA) is 101 Å². The number of para-hydroxylation sites is 1. The second-order valence-corrected chi connectivity index (χ2v) is 11.1. The summed E-state index contributed by atoms with van der Waals surface area (Å²) in [5.41, 5.74) is 1.42. The van der Waals surface area contributed by atoms with Crippen molar-refractivity contribution in [3.8, 4) is 5.69 Å². The van der Waals surface area contributed by atoms with Gasteiger partial charge in [-0.2, -0.15) is 9.40 Å². The quantitative estimate of drug-likeness (QED) is 0.584. The average Bonchev–Trinajstić information content (AvgIpc) is 3.31. The Hall–Kier alpha value is -2.53. The summed E-state index contributed by atoms with van der Waals surface area (Å²) in [4.78, 5) is 0.283. The van der Waals surface area contributed by atoms with E-state index in [0.717, 1.165) is 24.9 Å². The Kier molecular flexibility index (Phi) is 6.24. The zero-order chi connectivity index (χ0) is 21.9. The second kappa shape index (κ2) is 8.91. The third kappa shape index (κ3) is 4.87. The molecule has 4 rings (SSSR count). The van der Waals surface area contributed by atoms with Crippen LogP contribution in [0.15, 0.2) is 76.8 Å². The van der Waals surface area contributed by atoms with Crippen LogP contribution in [0.5, 0.6) is 0 Å². The predicted molar refractivity (Wildman–Crippen MR) is 117 cm³/mol. The van der Waals surface area contributed by atoms with Gasteiger partial charge in [-0.1, -0.05) is 36.8 Å². The van der Waals surface area contributed by atoms with Gasteiger partial charge >= 0.3 is 0 Å². The molecule has 2 aromatic carbocycles. The highest BCUT2D eigenvalue weighted by Crippen LogP contribution is 2.21. The molecule has 1 aliphatic heterocycles. The molecule has 1 fully saturated rings. The van der Waals surface area contributed by atoms with Gasteiger partial charge in [0.05, 0.1) is 23.0 Å². The van der Waals surface area contributed by atoms with E-state index in [4.69, 9.17) is 0 Å². The number of benzene rings is 2. The number of rotatable bonds is 7. The average molecular weight is 461 g/mol. The van der Waals surface area contributed by atoms with Crippen LogP contribution in [0, 0.1) is 0 Å². The Morgan fingerprint density at radius 1 is 0.839 bits per heavy atom. The van der Waals surface area contributed by atoms with Crippen LogP contribution in [0.1, 0.15) is 24.8 Å². The first-order chi connectivity index (χ1) is 14.9. The highest BCUT2D eigenvalue weighted by Gasteiger charge is 2.25. The van der Waals surface area contributed by atoms with Crippen molar-refractivity contribution in [2.45, 2.75) is 35.6 Å². The lowest BCUT2D eigenvalue weighted by atomic mass is 10.2. The molecule has 164 valence electrons. The molecule has 0 amide bonds. The van der Waals surface area contributed by atoms with E-state index < -0.39 is 20.0 Å². The monoisotopic (exact) mass is 460 g/mol. The van der Waals surface area contributed by atoms with Gasteiger partial charge in [0, 0.05) is 19.6 Å². The van der Waals surface area contributed by atoms with Crippen molar-refractivity contribution < 1.29 is 16.8 Å². The summed E-state index contributed by atoms with van der Waals surface area (Å²) in [7, 11) is -7.27. The van der Waals surface area contributed by atoms with Crippen molar-refractivity contribution in [1.29, 1.82) is 0 Å². The number of hydrogen-bond acceptors (Lipinski definition) is 5. The third-order valence-corrected chi connectivity index (χ3v) is 8.50. The molecule has 1 saturated heterocycles. The molecule has 2 heterocycles. The van der Waals surface area contributed by atoms with Crippen LogP contribution in [0.25, 0.3) is 5.69 Å². The first kappa shape index (κ1) is 21.7. The zero-order valence-electron chi connectivity index (χ0n) is 16.9. The standard InChI is InChI=1S/C21H24N4O4S2/c26-30(27,21-16-22-25(17-21)19-7-3-1-4-8-19)23-15-18-9-11-20(12-10-18)31(28,29)24-13-5-2-6-14-24/h1,3-4,7-12,16-17,23H,2,5-6,13-15H2. The third-order valence-electron chi connectivity index (χ3n) is 5.23. The van der Waals surface area contributed by atoms with E-state index in [0.29, 0.717) is 18.7 Å². The fraction of sp³-hybridized carbons (Fsp3) is 0.286. The molecule has 0 radical (unpaired) electrons. The Labute approximate surface area is 182 Å². The van der Waals surface area contributed by atoms with E-state index in [2.05, 4.69) is 9.82 Å². The number of nitrogens with one attached hydrogen (secondary N) is 1. The Morgan fingerprint density at radius 3 is 2.19 bits per heavy atom. The predicted octanol–water partition coefficient (Wildman–Crippen LogP) is 2.53. The molecule has 3 aromatic rings. The fourth-order valence-corrected chi connectivity index (χ4v) is 5.93. The van der Waals surface area contributed by atoms with E-state index in [9.17, 15) is 16.8 Å². The van der Waals surface area contributed by atoms with Crippen molar-refractivity contribution >= 4 is 20.0 Å². The smallest absolute Gasteiger partial charge is 0.240 e. The van der Waals surface area contributed by atoms with Crippen LogP contribution in [0.2, 0.25) is 0 Å². The normalized spacial score (nSPS) is 15.7. The Balaban J connectivity index is 1.42. The first-order valence-corrected chi connectivity index (χ1v) is 13.0. The van der Waals surface area contributed by atoms with E-state index in [-0.39, 0.29) is 16.3 Å². The molecule has 0 aliphatic carbocycles. The van der Waals surface area contributed by atoms with Crippen molar-refractivity contribution in [3.05, 3.63) is 72.6 Å². The van der Waals surface area contributed by atoms with Crippen molar-refractivity contribution in [3.63, 3.8) is 0 Å². The molecule has 1 aromatic heterocycles. The molecule has 0 saturated carbocycles. The van der Waals surface area contributed by atoms with Crippen LogP contribution in [0.4, 0.5) is 0 Å². The maximum Gasteiger partial charge on any atom is 0.244 e. The van der Waals surface area contributed by atoms with Crippen LogP contribution in [-0.2, 0) is 26.6 Å². The van der Waals surface area contributed by atoms with Gasteiger partial charge in [-0.3, -0.25) is 0 Å². The molecular weight excluding hydrogens is 436 g/mol. The number of piperidine rings is 1. The summed E-state index contributed by atoms with van der Waals surface area (Å²) in [5.74, 6) is 0. The molecule has 8 nitrogen and oxygen atoms in total. The minimum Gasteiger partial charge on any atom is -0.240 e. The number of hydrogen-bond donors (Lipinski definition) is 1. The van der Waals surface area contributed by atoms with Gasteiger partial charge in [-0.25, -0.2) is 26.2 Å². The van der Waals surface area contributed by atoms with Gasteiger partial charge in [0.15, 0.2) is 0 Å². The zero-order valence-corrected chi connectivity index (χ0v) is 18.5. The van der Waals surface area contributed by atoms with Gasteiger partial charge in [0.1, 0.15) is 4.90 Å². The van der Waals surface area contributed by atoms with Crippen LogP contribution < -0.4 is 4.72 Å². The summed E-state index contributed by atoms with van der Waals surface area (Å²) in [6, 6.07) is 15.5. The fourth-order valence-electron chi connectivity index (χ4n) is 3.46. The van der Waals surface area contributed by atoms with Crippen molar-refractivity contribution in [1.82, 2.24) is 18.8 Å². The highest BCUT2D eigenvalue weighted by atomic mass is 32.2. The van der Waals surface area contributed by atoms with E-state index >= 15 is 0 Å². The van der Waals surface area contributed by atoms with Crippen molar-refractivity contribution in [2.75, 3.05) is 13.1 Å². The van der Waals surface area contributed by atoms with Gasteiger partial charge in [0.2, 0.25) is 20.0 Å². The molecule has 0 spiro atoms. The largest absolute Gasteiger partial charge is 0.244 e. The lowest BCUT2D eigenvalue weighted by Gasteiger charge is -2.25. The lowest BCUT2D eigenvalue weighted by Crippen LogP contribution is -2.35. The first-order valence-electron chi connectivity index (χ1n) is 10.1. The second-order valence-electron chi connectivity index (χ2n) is 7.39. The van der Waals surface area contributed by atoms with Gasteiger partial charge < -0.3 is 0 Å². The Morgan fingerprint density at radius 2 is 1.52 bits per heavy atom. The summed E-state index contributed by atoms with van der Waals surface area (Å²) < 4.78 is 56.2. The minimum atomic E-state index is -3.76. The molecule has 0 unspecified atom stereocenters. The van der Waals surface area contributed by atoms with E-state index in [1.54, 1.807) is 12.1 Å². The van der Waals surface area contributed by atoms with Crippen LogP contribution >= 0.6 is 0 Å². The molecule has 1 aliphatic rings. The summed E-state index contributed by atoms with van der Waals surface area (Å²) in [5, 5.41) is 4.12. The molecule has 0 bridgehead atoms. The molecule has 1 N–H and O–H groups in total. The van der Waals surface area contributed by atoms with Gasteiger partial charge in [0.25, 0.3) is 0 Å². The number of aromatic nitrogens is 2. The maximum atomic E-state index is 12.7. The summed E-state index contributed by atoms with van der Waals surface area (Å²) in [6.45, 7) is 1.13. The summed E-state index contributed by atoms with van der Waals surface area (Å²) in [6.07, 6.45) is 5.55. The molecular formula is C21H24N4O4S2. The number of sulfonamides is 2. The molecule has 31 heavy (non-hydrogen) atoms. The number of nitrogens with zero attached hydrogens (tertiary/aromatic N) is 3. The molecule has 0 atom stereocenters. The van der Waals surface area contributed by atoms with Crippen molar-refractivity contribution in [2.24, 2.45) is 0 Å². The lowest BCUT2D eigenvalue weighted by molar-refractivity contribution is 0.346. The maximum absolute atomic E-state index is 12.7. The minimum absolute atomic E-state index is 0.0445.